The van der Waals surface area contributed by atoms with E-state index in [1.54, 1.807) is 27.7 Å². The number of carbonyl (C=O) groups excluding carboxylic acids is 1. The van der Waals surface area contributed by atoms with E-state index in [2.05, 4.69) is 0 Å². The second-order valence-electron chi connectivity index (χ2n) is 6.32. The zero-order valence-corrected chi connectivity index (χ0v) is 12.7. The molecule has 0 aliphatic heterocycles. The van der Waals surface area contributed by atoms with Gasteiger partial charge in [-0.1, -0.05) is 0 Å². The first-order chi connectivity index (χ1) is 9.41. The van der Waals surface area contributed by atoms with E-state index in [-0.39, 0.29) is 12.2 Å². The number of ketones is 1. The lowest BCUT2D eigenvalue weighted by molar-refractivity contribution is -0.0656. The van der Waals surface area contributed by atoms with Crippen LogP contribution in [-0.2, 0) is 4.74 Å². The predicted molar refractivity (Wildman–Crippen MR) is 76.7 cm³/mol. The van der Waals surface area contributed by atoms with Gasteiger partial charge in [-0.25, -0.2) is 0 Å². The highest BCUT2D eigenvalue weighted by Crippen LogP contribution is 2.35. The van der Waals surface area contributed by atoms with E-state index in [1.165, 1.54) is 0 Å². The van der Waals surface area contributed by atoms with E-state index in [0.29, 0.717) is 6.42 Å². The number of carbonyl (C=O) groups is 1. The first kappa shape index (κ1) is 17.3. The second kappa shape index (κ2) is 5.91. The molecule has 0 aliphatic carbocycles. The van der Waals surface area contributed by atoms with E-state index >= 15 is 0 Å². The number of hydrogen-bond acceptors (Lipinski definition) is 6. The monoisotopic (exact) mass is 298 g/mol. The summed E-state index contributed by atoms with van der Waals surface area (Å²) in [5, 5.41) is 37.8. The van der Waals surface area contributed by atoms with Crippen LogP contribution < -0.4 is 0 Å². The number of ether oxygens (including phenoxy) is 1. The molecule has 6 nitrogen and oxygen atoms in total. The fraction of sp³-hybridized carbons (Fsp3) is 0.533. The summed E-state index contributed by atoms with van der Waals surface area (Å²) in [6.45, 7) is 6.53. The van der Waals surface area contributed by atoms with Crippen molar-refractivity contribution in [2.24, 2.45) is 0 Å². The van der Waals surface area contributed by atoms with Gasteiger partial charge in [0.25, 0.3) is 0 Å². The fourth-order valence-corrected chi connectivity index (χ4v) is 2.20. The number of phenolic OH excluding ortho intramolecular Hbond substituents is 3. The van der Waals surface area contributed by atoms with Gasteiger partial charge < -0.3 is 25.2 Å². The Kier molecular flexibility index (Phi) is 4.86. The Hall–Kier alpha value is -1.79. The highest BCUT2D eigenvalue weighted by Gasteiger charge is 2.28. The molecule has 1 aromatic carbocycles. The molecule has 6 heteroatoms. The molecule has 0 saturated heterocycles. The zero-order chi connectivity index (χ0) is 16.4. The lowest BCUT2D eigenvalue weighted by atomic mass is 9.92. The normalized spacial score (nSPS) is 12.4. The summed E-state index contributed by atoms with van der Waals surface area (Å²) in [5.41, 5.74) is -1.61. The largest absolute Gasteiger partial charge is 0.504 e. The van der Waals surface area contributed by atoms with E-state index in [4.69, 9.17) is 4.74 Å². The number of aliphatic hydroxyl groups is 1. The van der Waals surface area contributed by atoms with E-state index in [9.17, 15) is 25.2 Å². The summed E-state index contributed by atoms with van der Waals surface area (Å²) in [6.07, 6.45) is 0.333. The molecule has 0 amide bonds. The van der Waals surface area contributed by atoms with E-state index in [0.717, 1.165) is 12.1 Å². The lowest BCUT2D eigenvalue weighted by Gasteiger charge is -2.31. The molecule has 0 fully saturated rings. The molecular formula is C15H22O6. The van der Waals surface area contributed by atoms with Crippen LogP contribution in [0.2, 0.25) is 0 Å². The standard InChI is InChI=1S/C15H22O6/c1-14(2,20)8-15(3,4)21-7-12(18)9-5-10(16)13(19)11(17)6-9/h5-6,16-17,19-20H,7-8H2,1-4H3. The maximum atomic E-state index is 12.0. The second-order valence-corrected chi connectivity index (χ2v) is 6.32. The average Bonchev–Trinajstić information content (AvgIpc) is 2.29. The van der Waals surface area contributed by atoms with E-state index < -0.39 is 34.2 Å². The number of Topliss-reactive ketones (excluding diaryl/α,β-unsaturated/α-hetero) is 1. The highest BCUT2D eigenvalue weighted by molar-refractivity contribution is 5.98. The number of rotatable bonds is 6. The minimum absolute atomic E-state index is 0.0295. The molecule has 1 aromatic rings. The zero-order valence-electron chi connectivity index (χ0n) is 12.7. The molecule has 4 N–H and O–H groups in total. The van der Waals surface area contributed by atoms with Gasteiger partial charge in [-0.3, -0.25) is 4.79 Å². The Morgan fingerprint density at radius 2 is 1.57 bits per heavy atom. The molecule has 21 heavy (non-hydrogen) atoms. The summed E-state index contributed by atoms with van der Waals surface area (Å²) in [6, 6.07) is 2.12. The quantitative estimate of drug-likeness (QED) is 0.472. The molecule has 0 saturated carbocycles. The van der Waals surface area contributed by atoms with Gasteiger partial charge in [0.1, 0.15) is 6.61 Å². The first-order valence-electron chi connectivity index (χ1n) is 6.56. The molecule has 118 valence electrons. The third kappa shape index (κ3) is 5.24. The molecule has 0 unspecified atom stereocenters. The van der Waals surface area contributed by atoms with Crippen molar-refractivity contribution in [1.82, 2.24) is 0 Å². The molecule has 0 atom stereocenters. The van der Waals surface area contributed by atoms with Crippen molar-refractivity contribution >= 4 is 5.78 Å². The topological polar surface area (TPSA) is 107 Å². The van der Waals surface area contributed by atoms with Crippen LogP contribution in [0.15, 0.2) is 12.1 Å². The smallest absolute Gasteiger partial charge is 0.200 e. The van der Waals surface area contributed by atoms with Crippen molar-refractivity contribution in [3.8, 4) is 17.2 Å². The van der Waals surface area contributed by atoms with Crippen molar-refractivity contribution in [2.75, 3.05) is 6.61 Å². The fourth-order valence-electron chi connectivity index (χ4n) is 2.20. The van der Waals surface area contributed by atoms with Crippen LogP contribution in [0.4, 0.5) is 0 Å². The van der Waals surface area contributed by atoms with Gasteiger partial charge in [0.05, 0.1) is 11.2 Å². The van der Waals surface area contributed by atoms with Crippen LogP contribution in [-0.4, -0.2) is 44.0 Å². The molecule has 0 aliphatic rings. The van der Waals surface area contributed by atoms with Crippen molar-refractivity contribution in [3.63, 3.8) is 0 Å². The first-order valence-corrected chi connectivity index (χ1v) is 6.56. The Bertz CT molecular complexity index is 504. The van der Waals surface area contributed by atoms with Gasteiger partial charge in [0.15, 0.2) is 23.0 Å². The molecule has 1 rings (SSSR count). The Morgan fingerprint density at radius 1 is 1.10 bits per heavy atom. The Balaban J connectivity index is 2.74. The Morgan fingerprint density at radius 3 is 2.00 bits per heavy atom. The van der Waals surface area contributed by atoms with Gasteiger partial charge in [0.2, 0.25) is 0 Å². The van der Waals surface area contributed by atoms with Crippen LogP contribution in [0.1, 0.15) is 44.5 Å². The van der Waals surface area contributed by atoms with Gasteiger partial charge >= 0.3 is 0 Å². The number of hydrogen-bond donors (Lipinski definition) is 4. The molecule has 0 spiro atoms. The highest BCUT2D eigenvalue weighted by atomic mass is 16.5. The van der Waals surface area contributed by atoms with Crippen molar-refractivity contribution in [2.45, 2.75) is 45.3 Å². The van der Waals surface area contributed by atoms with Crippen molar-refractivity contribution < 1.29 is 30.0 Å². The van der Waals surface area contributed by atoms with Crippen LogP contribution in [0.3, 0.4) is 0 Å². The molecular weight excluding hydrogens is 276 g/mol. The molecule has 0 bridgehead atoms. The SMILES string of the molecule is CC(C)(O)CC(C)(C)OCC(=O)c1cc(O)c(O)c(O)c1. The lowest BCUT2D eigenvalue weighted by Crippen LogP contribution is -2.36. The summed E-state index contributed by atoms with van der Waals surface area (Å²) in [5.74, 6) is -2.28. The predicted octanol–water partition coefficient (Wildman–Crippen LogP) is 1.94. The summed E-state index contributed by atoms with van der Waals surface area (Å²) >= 11 is 0. The van der Waals surface area contributed by atoms with Crippen LogP contribution in [0.25, 0.3) is 0 Å². The molecule has 0 aromatic heterocycles. The minimum Gasteiger partial charge on any atom is -0.504 e. The van der Waals surface area contributed by atoms with Crippen LogP contribution in [0, 0.1) is 0 Å². The summed E-state index contributed by atoms with van der Waals surface area (Å²) in [7, 11) is 0. The molecule has 0 heterocycles. The maximum absolute atomic E-state index is 12.0. The van der Waals surface area contributed by atoms with Gasteiger partial charge in [-0.2, -0.15) is 0 Å². The summed E-state index contributed by atoms with van der Waals surface area (Å²) < 4.78 is 5.50. The van der Waals surface area contributed by atoms with Gasteiger partial charge in [-0.15, -0.1) is 0 Å². The van der Waals surface area contributed by atoms with Crippen molar-refractivity contribution in [1.29, 1.82) is 0 Å². The number of aromatic hydroxyl groups is 3. The van der Waals surface area contributed by atoms with Crippen LogP contribution in [0.5, 0.6) is 17.2 Å². The average molecular weight is 298 g/mol. The van der Waals surface area contributed by atoms with E-state index in [1.807, 2.05) is 0 Å². The third-order valence-electron chi connectivity index (χ3n) is 2.84. The minimum atomic E-state index is -0.929. The van der Waals surface area contributed by atoms with Gasteiger partial charge in [0, 0.05) is 12.0 Å². The van der Waals surface area contributed by atoms with Gasteiger partial charge in [-0.05, 0) is 39.8 Å². The number of phenols is 3. The third-order valence-corrected chi connectivity index (χ3v) is 2.84. The number of benzene rings is 1. The molecule has 0 radical (unpaired) electrons. The Labute approximate surface area is 123 Å². The van der Waals surface area contributed by atoms with Crippen molar-refractivity contribution in [3.05, 3.63) is 17.7 Å². The maximum Gasteiger partial charge on any atom is 0.200 e. The van der Waals surface area contributed by atoms with Crippen LogP contribution >= 0.6 is 0 Å². The summed E-state index contributed by atoms with van der Waals surface area (Å²) in [4.78, 5) is 12.0.